The molecule has 0 spiro atoms. The number of hydrogen-bond acceptors (Lipinski definition) is 6. The number of benzene rings is 3. The number of hydrogen-bond donors (Lipinski definition) is 2. The summed E-state index contributed by atoms with van der Waals surface area (Å²) in [4.78, 5) is 24.5. The predicted molar refractivity (Wildman–Crippen MR) is 123 cm³/mol. The van der Waals surface area contributed by atoms with E-state index >= 15 is 0 Å². The van der Waals surface area contributed by atoms with Crippen LogP contribution in [0.2, 0.25) is 0 Å². The maximum absolute atomic E-state index is 13.0. The van der Waals surface area contributed by atoms with Gasteiger partial charge in [-0.15, -0.1) is 0 Å². The highest BCUT2D eigenvalue weighted by Gasteiger charge is 2.30. The van der Waals surface area contributed by atoms with Crippen molar-refractivity contribution in [3.05, 3.63) is 78.6 Å². The SMILES string of the molecule is O=C1CCC(=O)N1c1ccc(S(=O)(=O)Nc2ccc(S(=O)(=O)Nc3ccc(F)cc3)cc2)cc1. The molecule has 176 valence electrons. The second-order valence-corrected chi connectivity index (χ2v) is 10.7. The van der Waals surface area contributed by atoms with E-state index in [4.69, 9.17) is 0 Å². The van der Waals surface area contributed by atoms with Gasteiger partial charge in [-0.3, -0.25) is 23.9 Å². The van der Waals surface area contributed by atoms with Crippen molar-refractivity contribution in [1.82, 2.24) is 0 Å². The number of anilines is 3. The minimum Gasteiger partial charge on any atom is -0.280 e. The highest BCUT2D eigenvalue weighted by atomic mass is 32.2. The summed E-state index contributed by atoms with van der Waals surface area (Å²) in [5.41, 5.74) is 0.580. The first kappa shape index (κ1) is 23.4. The lowest BCUT2D eigenvalue weighted by atomic mass is 10.3. The van der Waals surface area contributed by atoms with Crippen molar-refractivity contribution in [1.29, 1.82) is 0 Å². The molecule has 0 atom stereocenters. The Hall–Kier alpha value is -3.77. The average Bonchev–Trinajstić information content (AvgIpc) is 3.13. The molecule has 0 radical (unpaired) electrons. The van der Waals surface area contributed by atoms with Crippen LogP contribution in [-0.2, 0) is 29.6 Å². The lowest BCUT2D eigenvalue weighted by molar-refractivity contribution is -0.121. The molecule has 0 aliphatic carbocycles. The van der Waals surface area contributed by atoms with Gasteiger partial charge in [0.25, 0.3) is 20.0 Å². The molecule has 0 aromatic heterocycles. The fourth-order valence-corrected chi connectivity index (χ4v) is 5.40. The number of imide groups is 1. The molecule has 3 aromatic carbocycles. The summed E-state index contributed by atoms with van der Waals surface area (Å²) in [7, 11) is -7.99. The molecule has 3 aromatic rings. The first-order valence-corrected chi connectivity index (χ1v) is 12.9. The molecular weight excluding hydrogens is 485 g/mol. The van der Waals surface area contributed by atoms with Crippen LogP contribution < -0.4 is 14.3 Å². The van der Waals surface area contributed by atoms with Gasteiger partial charge in [-0.05, 0) is 72.8 Å². The Kier molecular flexibility index (Phi) is 6.11. The van der Waals surface area contributed by atoms with Crippen LogP contribution in [0.25, 0.3) is 0 Å². The minimum absolute atomic E-state index is 0.106. The zero-order chi connectivity index (χ0) is 24.5. The molecule has 34 heavy (non-hydrogen) atoms. The quantitative estimate of drug-likeness (QED) is 0.477. The summed E-state index contributed by atoms with van der Waals surface area (Å²) in [6.07, 6.45) is 0.233. The maximum atomic E-state index is 13.0. The molecule has 0 bridgehead atoms. The minimum atomic E-state index is -4.02. The molecule has 1 saturated heterocycles. The van der Waals surface area contributed by atoms with E-state index in [2.05, 4.69) is 9.44 Å². The lowest BCUT2D eigenvalue weighted by Gasteiger charge is -2.14. The highest BCUT2D eigenvalue weighted by molar-refractivity contribution is 7.93. The molecule has 4 rings (SSSR count). The van der Waals surface area contributed by atoms with Gasteiger partial charge in [-0.1, -0.05) is 0 Å². The fourth-order valence-electron chi connectivity index (χ4n) is 3.29. The van der Waals surface area contributed by atoms with Crippen LogP contribution in [0.4, 0.5) is 21.5 Å². The van der Waals surface area contributed by atoms with E-state index in [0.29, 0.717) is 0 Å². The van der Waals surface area contributed by atoms with Crippen molar-refractivity contribution in [2.45, 2.75) is 22.6 Å². The standard InChI is InChI=1S/C22H18FN3O6S2/c23-15-1-3-16(4-2-15)24-33(29,30)19-9-5-17(6-10-19)25-34(31,32)20-11-7-18(8-12-20)26-21(27)13-14-22(26)28/h1-12,24-25H,13-14H2. The topological polar surface area (TPSA) is 130 Å². The Balaban J connectivity index is 1.47. The number of carbonyl (C=O) groups excluding carboxylic acids is 2. The largest absolute Gasteiger partial charge is 0.280 e. The first-order chi connectivity index (χ1) is 16.0. The summed E-state index contributed by atoms with van der Waals surface area (Å²) in [6.45, 7) is 0. The Morgan fingerprint density at radius 2 is 1.00 bits per heavy atom. The Morgan fingerprint density at radius 3 is 1.44 bits per heavy atom. The zero-order valence-corrected chi connectivity index (χ0v) is 19.1. The van der Waals surface area contributed by atoms with Crippen LogP contribution in [0, 0.1) is 5.82 Å². The monoisotopic (exact) mass is 503 g/mol. The normalized spacial score (nSPS) is 14.3. The van der Waals surface area contributed by atoms with Gasteiger partial charge in [0, 0.05) is 24.2 Å². The number of carbonyl (C=O) groups is 2. The smallest absolute Gasteiger partial charge is 0.261 e. The lowest BCUT2D eigenvalue weighted by Crippen LogP contribution is -2.28. The Bertz CT molecular complexity index is 1440. The number of amides is 2. The van der Waals surface area contributed by atoms with Crippen LogP contribution >= 0.6 is 0 Å². The molecule has 9 nitrogen and oxygen atoms in total. The molecule has 0 saturated carbocycles. The third kappa shape index (κ3) is 4.92. The first-order valence-electron chi connectivity index (χ1n) is 9.92. The van der Waals surface area contributed by atoms with Crippen LogP contribution in [0.15, 0.2) is 82.6 Å². The van der Waals surface area contributed by atoms with Crippen molar-refractivity contribution < 1.29 is 30.8 Å². The van der Waals surface area contributed by atoms with E-state index in [1.165, 1.54) is 60.7 Å². The third-order valence-electron chi connectivity index (χ3n) is 4.97. The molecule has 0 unspecified atom stereocenters. The van der Waals surface area contributed by atoms with Crippen molar-refractivity contribution in [3.63, 3.8) is 0 Å². The number of nitrogens with zero attached hydrogens (tertiary/aromatic N) is 1. The second kappa shape index (κ2) is 8.88. The fraction of sp³-hybridized carbons (Fsp3) is 0.0909. The van der Waals surface area contributed by atoms with E-state index in [1.54, 1.807) is 0 Å². The molecule has 1 aliphatic heterocycles. The van der Waals surface area contributed by atoms with Crippen molar-refractivity contribution in [3.8, 4) is 0 Å². The van der Waals surface area contributed by atoms with Gasteiger partial charge >= 0.3 is 0 Å². The van der Waals surface area contributed by atoms with Gasteiger partial charge in [-0.2, -0.15) is 0 Å². The van der Waals surface area contributed by atoms with Crippen molar-refractivity contribution in [2.24, 2.45) is 0 Å². The van der Waals surface area contributed by atoms with Crippen LogP contribution in [0.5, 0.6) is 0 Å². The van der Waals surface area contributed by atoms with Gasteiger partial charge in [0.1, 0.15) is 5.82 Å². The van der Waals surface area contributed by atoms with Gasteiger partial charge in [0.2, 0.25) is 11.8 Å². The second-order valence-electron chi connectivity index (χ2n) is 7.36. The van der Waals surface area contributed by atoms with Crippen molar-refractivity contribution in [2.75, 3.05) is 14.3 Å². The molecule has 12 heteroatoms. The summed E-state index contributed by atoms with van der Waals surface area (Å²) in [6, 6.07) is 15.1. The van der Waals surface area contributed by atoms with E-state index in [9.17, 15) is 30.8 Å². The molecule has 1 fully saturated rings. The molecule has 2 N–H and O–H groups in total. The number of rotatable bonds is 7. The summed E-state index contributed by atoms with van der Waals surface area (Å²) in [5, 5.41) is 0. The van der Waals surface area contributed by atoms with E-state index in [0.717, 1.165) is 17.0 Å². The molecule has 2 amide bonds. The summed E-state index contributed by atoms with van der Waals surface area (Å²) >= 11 is 0. The third-order valence-corrected chi connectivity index (χ3v) is 7.76. The van der Waals surface area contributed by atoms with Gasteiger partial charge in [0.05, 0.1) is 15.5 Å². The molecule has 1 heterocycles. The summed E-state index contributed by atoms with van der Waals surface area (Å²) < 4.78 is 68.0. The number of sulfonamides is 2. The zero-order valence-electron chi connectivity index (χ0n) is 17.4. The summed E-state index contributed by atoms with van der Waals surface area (Å²) in [5.74, 6) is -1.20. The van der Waals surface area contributed by atoms with Crippen LogP contribution in [0.3, 0.4) is 0 Å². The van der Waals surface area contributed by atoms with Gasteiger partial charge in [0.15, 0.2) is 0 Å². The van der Waals surface area contributed by atoms with E-state index in [1.807, 2.05) is 0 Å². The molecular formula is C22H18FN3O6S2. The van der Waals surface area contributed by atoms with Gasteiger partial charge in [-0.25, -0.2) is 21.2 Å². The van der Waals surface area contributed by atoms with Crippen LogP contribution in [0.1, 0.15) is 12.8 Å². The maximum Gasteiger partial charge on any atom is 0.261 e. The van der Waals surface area contributed by atoms with Crippen molar-refractivity contribution >= 4 is 48.9 Å². The average molecular weight is 504 g/mol. The Labute approximate surface area is 195 Å². The van der Waals surface area contributed by atoms with E-state index in [-0.39, 0.29) is 51.5 Å². The predicted octanol–water partition coefficient (Wildman–Crippen LogP) is 3.08. The Morgan fingerprint density at radius 1 is 0.618 bits per heavy atom. The van der Waals surface area contributed by atoms with Gasteiger partial charge < -0.3 is 0 Å². The number of halogens is 1. The molecule has 1 aliphatic rings. The highest BCUT2D eigenvalue weighted by Crippen LogP contribution is 2.25. The van der Waals surface area contributed by atoms with Crippen LogP contribution in [-0.4, -0.2) is 28.6 Å². The number of nitrogens with one attached hydrogen (secondary N) is 2. The van der Waals surface area contributed by atoms with E-state index < -0.39 is 25.9 Å².